The summed E-state index contributed by atoms with van der Waals surface area (Å²) in [6.07, 6.45) is 3.46. The minimum atomic E-state index is -0.390. The van der Waals surface area contributed by atoms with Crippen LogP contribution in [0.5, 0.6) is 5.75 Å². The molecule has 2 aromatic carbocycles. The molecule has 1 amide bonds. The second-order valence-corrected chi connectivity index (χ2v) is 7.46. The number of carbonyl (C=O) groups is 1. The highest BCUT2D eigenvalue weighted by atomic mass is 35.5. The summed E-state index contributed by atoms with van der Waals surface area (Å²) >= 11 is 6.03. The normalized spacial score (nSPS) is 20.2. The van der Waals surface area contributed by atoms with Gasteiger partial charge in [0.05, 0.1) is 0 Å². The van der Waals surface area contributed by atoms with Crippen molar-refractivity contribution in [3.8, 4) is 5.75 Å². The van der Waals surface area contributed by atoms with Crippen molar-refractivity contribution in [2.45, 2.75) is 31.8 Å². The van der Waals surface area contributed by atoms with Gasteiger partial charge in [-0.3, -0.25) is 4.79 Å². The second-order valence-electron chi connectivity index (χ2n) is 7.02. The van der Waals surface area contributed by atoms with Gasteiger partial charge in [-0.15, -0.1) is 0 Å². The third kappa shape index (κ3) is 3.67. The number of nitrogens with zero attached hydrogens (tertiary/aromatic N) is 1. The van der Waals surface area contributed by atoms with Crippen LogP contribution in [0.3, 0.4) is 0 Å². The first-order chi connectivity index (χ1) is 12.2. The molecular formula is C21H22ClNO2. The molecule has 0 aliphatic carbocycles. The molecule has 0 saturated carbocycles. The van der Waals surface area contributed by atoms with E-state index in [0.717, 1.165) is 43.7 Å². The van der Waals surface area contributed by atoms with Crippen LogP contribution in [0, 0.1) is 5.92 Å². The van der Waals surface area contributed by atoms with Gasteiger partial charge in [0.15, 0.2) is 6.10 Å². The lowest BCUT2D eigenvalue weighted by Crippen LogP contribution is -2.45. The average Bonchev–Trinajstić information content (AvgIpc) is 3.06. The van der Waals surface area contributed by atoms with Gasteiger partial charge in [-0.2, -0.15) is 0 Å². The smallest absolute Gasteiger partial charge is 0.263 e. The minimum absolute atomic E-state index is 0.116. The number of piperidine rings is 1. The maximum absolute atomic E-state index is 12.8. The number of fused-ring (bicyclic) bond motifs is 1. The van der Waals surface area contributed by atoms with Gasteiger partial charge in [0.1, 0.15) is 5.75 Å². The molecule has 2 heterocycles. The summed E-state index contributed by atoms with van der Waals surface area (Å²) in [6, 6.07) is 16.2. The molecule has 4 heteroatoms. The molecule has 130 valence electrons. The van der Waals surface area contributed by atoms with Gasteiger partial charge in [0.2, 0.25) is 0 Å². The fourth-order valence-corrected chi connectivity index (χ4v) is 4.06. The number of ether oxygens (including phenoxy) is 1. The number of hydrogen-bond donors (Lipinski definition) is 0. The van der Waals surface area contributed by atoms with E-state index in [-0.39, 0.29) is 12.0 Å². The van der Waals surface area contributed by atoms with Crippen LogP contribution >= 0.6 is 11.6 Å². The molecule has 1 atom stereocenters. The monoisotopic (exact) mass is 355 g/mol. The van der Waals surface area contributed by atoms with Crippen LogP contribution in [-0.2, 0) is 17.6 Å². The number of benzene rings is 2. The van der Waals surface area contributed by atoms with Crippen molar-refractivity contribution in [2.75, 3.05) is 13.1 Å². The van der Waals surface area contributed by atoms with E-state index in [2.05, 4.69) is 30.3 Å². The molecule has 1 fully saturated rings. The van der Waals surface area contributed by atoms with Crippen molar-refractivity contribution >= 4 is 17.5 Å². The van der Waals surface area contributed by atoms with E-state index in [9.17, 15) is 4.79 Å². The van der Waals surface area contributed by atoms with Crippen LogP contribution in [0.1, 0.15) is 24.0 Å². The van der Waals surface area contributed by atoms with Crippen LogP contribution in [0.2, 0.25) is 5.02 Å². The number of rotatable bonds is 3. The van der Waals surface area contributed by atoms with Crippen molar-refractivity contribution in [1.29, 1.82) is 0 Å². The Bertz CT molecular complexity index is 754. The topological polar surface area (TPSA) is 29.5 Å². The largest absolute Gasteiger partial charge is 0.480 e. The first-order valence-electron chi connectivity index (χ1n) is 8.97. The van der Waals surface area contributed by atoms with Crippen molar-refractivity contribution in [3.05, 3.63) is 64.7 Å². The minimum Gasteiger partial charge on any atom is -0.480 e. The van der Waals surface area contributed by atoms with Gasteiger partial charge >= 0.3 is 0 Å². The van der Waals surface area contributed by atoms with Gasteiger partial charge in [0.25, 0.3) is 5.91 Å². The molecule has 0 spiro atoms. The van der Waals surface area contributed by atoms with E-state index in [1.165, 1.54) is 5.56 Å². The Morgan fingerprint density at radius 1 is 1.12 bits per heavy atom. The molecular weight excluding hydrogens is 334 g/mol. The first kappa shape index (κ1) is 16.5. The van der Waals surface area contributed by atoms with E-state index >= 15 is 0 Å². The van der Waals surface area contributed by atoms with Gasteiger partial charge in [-0.25, -0.2) is 0 Å². The third-order valence-electron chi connectivity index (χ3n) is 5.27. The quantitative estimate of drug-likeness (QED) is 0.828. The molecule has 25 heavy (non-hydrogen) atoms. The van der Waals surface area contributed by atoms with E-state index in [1.807, 2.05) is 23.1 Å². The van der Waals surface area contributed by atoms with Crippen molar-refractivity contribution in [1.82, 2.24) is 4.90 Å². The average molecular weight is 356 g/mol. The summed E-state index contributed by atoms with van der Waals surface area (Å²) in [4.78, 5) is 14.8. The van der Waals surface area contributed by atoms with Crippen molar-refractivity contribution in [2.24, 2.45) is 5.92 Å². The Balaban J connectivity index is 1.32. The summed E-state index contributed by atoms with van der Waals surface area (Å²) in [6.45, 7) is 1.65. The maximum atomic E-state index is 12.8. The highest BCUT2D eigenvalue weighted by Gasteiger charge is 2.34. The Labute approximate surface area is 153 Å². The highest BCUT2D eigenvalue weighted by Crippen LogP contribution is 2.32. The SMILES string of the molecule is O=C([C@@H]1Cc2cc(Cl)ccc2O1)N1CCC(Cc2ccccc2)CC1. The molecule has 0 N–H and O–H groups in total. The standard InChI is InChI=1S/C21H22ClNO2/c22-18-6-7-19-17(13-18)14-20(25-19)21(24)23-10-8-16(9-11-23)12-15-4-2-1-3-5-15/h1-7,13,16,20H,8-12,14H2/t20-/m0/s1. The highest BCUT2D eigenvalue weighted by molar-refractivity contribution is 6.30. The van der Waals surface area contributed by atoms with Crippen molar-refractivity contribution in [3.63, 3.8) is 0 Å². The molecule has 2 aromatic rings. The zero-order chi connectivity index (χ0) is 17.2. The lowest BCUT2D eigenvalue weighted by Gasteiger charge is -2.33. The van der Waals surface area contributed by atoms with Gasteiger partial charge in [-0.1, -0.05) is 41.9 Å². The van der Waals surface area contributed by atoms with Crippen LogP contribution < -0.4 is 4.74 Å². The van der Waals surface area contributed by atoms with E-state index in [0.29, 0.717) is 17.4 Å². The Morgan fingerprint density at radius 2 is 1.88 bits per heavy atom. The Kier molecular flexibility index (Phi) is 4.67. The first-order valence-corrected chi connectivity index (χ1v) is 9.34. The third-order valence-corrected chi connectivity index (χ3v) is 5.50. The summed E-state index contributed by atoms with van der Waals surface area (Å²) in [5.41, 5.74) is 2.42. The molecule has 1 saturated heterocycles. The lowest BCUT2D eigenvalue weighted by atomic mass is 9.90. The van der Waals surface area contributed by atoms with Crippen LogP contribution in [0.4, 0.5) is 0 Å². The molecule has 3 nitrogen and oxygen atoms in total. The number of carbonyl (C=O) groups excluding carboxylic acids is 1. The fraction of sp³-hybridized carbons (Fsp3) is 0.381. The van der Waals surface area contributed by atoms with Gasteiger partial charge in [-0.05, 0) is 54.5 Å². The number of likely N-dealkylation sites (tertiary alicyclic amines) is 1. The zero-order valence-corrected chi connectivity index (χ0v) is 14.9. The van der Waals surface area contributed by atoms with Gasteiger partial charge < -0.3 is 9.64 Å². The predicted octanol–water partition coefficient (Wildman–Crippen LogP) is 4.12. The molecule has 0 unspecified atom stereocenters. The molecule has 2 aliphatic heterocycles. The van der Waals surface area contributed by atoms with E-state index < -0.39 is 0 Å². The summed E-state index contributed by atoms with van der Waals surface area (Å²) < 4.78 is 5.85. The molecule has 2 aliphatic rings. The summed E-state index contributed by atoms with van der Waals surface area (Å²) in [7, 11) is 0. The van der Waals surface area contributed by atoms with E-state index in [4.69, 9.17) is 16.3 Å². The summed E-state index contributed by atoms with van der Waals surface area (Å²) in [5, 5.41) is 0.692. The molecule has 0 aromatic heterocycles. The second kappa shape index (κ2) is 7.09. The van der Waals surface area contributed by atoms with E-state index in [1.54, 1.807) is 0 Å². The molecule has 0 radical (unpaired) electrons. The number of halogens is 1. The Morgan fingerprint density at radius 3 is 2.64 bits per heavy atom. The zero-order valence-electron chi connectivity index (χ0n) is 14.2. The fourth-order valence-electron chi connectivity index (χ4n) is 3.86. The van der Waals surface area contributed by atoms with Crippen LogP contribution in [-0.4, -0.2) is 30.0 Å². The number of amides is 1. The maximum Gasteiger partial charge on any atom is 0.263 e. The lowest BCUT2D eigenvalue weighted by molar-refractivity contribution is -0.139. The molecule has 0 bridgehead atoms. The summed E-state index contributed by atoms with van der Waals surface area (Å²) in [5.74, 6) is 1.57. The van der Waals surface area contributed by atoms with Gasteiger partial charge in [0, 0.05) is 24.5 Å². The predicted molar refractivity (Wildman–Crippen MR) is 99.0 cm³/mol. The van der Waals surface area contributed by atoms with Crippen LogP contribution in [0.15, 0.2) is 48.5 Å². The van der Waals surface area contributed by atoms with Crippen molar-refractivity contribution < 1.29 is 9.53 Å². The number of hydrogen-bond acceptors (Lipinski definition) is 2. The van der Waals surface area contributed by atoms with Crippen LogP contribution in [0.25, 0.3) is 0 Å². The molecule has 4 rings (SSSR count). The Hall–Kier alpha value is -2.00.